The summed E-state index contributed by atoms with van der Waals surface area (Å²) in [5.41, 5.74) is 0.737. The molecule has 1 aromatic rings. The van der Waals surface area contributed by atoms with E-state index in [1.807, 2.05) is 0 Å². The third-order valence-corrected chi connectivity index (χ3v) is 5.63. The Morgan fingerprint density at radius 2 is 1.75 bits per heavy atom. The Kier molecular flexibility index (Phi) is 6.25. The van der Waals surface area contributed by atoms with E-state index in [0.29, 0.717) is 26.1 Å². The van der Waals surface area contributed by atoms with E-state index in [9.17, 15) is 27.2 Å². The zero-order valence-electron chi connectivity index (χ0n) is 15.6. The van der Waals surface area contributed by atoms with Crippen molar-refractivity contribution in [1.29, 1.82) is 0 Å². The number of rotatable bonds is 4. The Morgan fingerprint density at radius 3 is 2.43 bits per heavy atom. The van der Waals surface area contributed by atoms with Gasteiger partial charge in [0.05, 0.1) is 12.8 Å². The third-order valence-electron chi connectivity index (χ3n) is 5.63. The molecule has 1 aromatic carbocycles. The highest BCUT2D eigenvalue weighted by molar-refractivity contribution is 5.79. The van der Waals surface area contributed by atoms with E-state index in [2.05, 4.69) is 0 Å². The zero-order valence-corrected chi connectivity index (χ0v) is 15.6. The van der Waals surface area contributed by atoms with Crippen LogP contribution < -0.4 is 0 Å². The van der Waals surface area contributed by atoms with Crippen LogP contribution in [-0.2, 0) is 16.0 Å². The van der Waals surface area contributed by atoms with Gasteiger partial charge in [-0.2, -0.15) is 13.2 Å². The minimum absolute atomic E-state index is 0.0504. The van der Waals surface area contributed by atoms with Crippen molar-refractivity contribution in [3.05, 3.63) is 35.6 Å². The maximum Gasteiger partial charge on any atom is 0.389 e. The lowest BCUT2D eigenvalue weighted by Gasteiger charge is -2.47. The largest absolute Gasteiger partial charge is 0.389 e. The van der Waals surface area contributed by atoms with Gasteiger partial charge in [-0.05, 0) is 42.9 Å². The number of alkyl halides is 3. The summed E-state index contributed by atoms with van der Waals surface area (Å²) in [4.78, 5) is 28.2. The maximum atomic E-state index is 13.0. The van der Waals surface area contributed by atoms with E-state index >= 15 is 0 Å². The molecule has 0 bridgehead atoms. The van der Waals surface area contributed by atoms with Gasteiger partial charge in [0, 0.05) is 32.1 Å². The van der Waals surface area contributed by atoms with Gasteiger partial charge < -0.3 is 9.80 Å². The molecule has 2 saturated heterocycles. The molecule has 0 spiro atoms. The molecule has 0 saturated carbocycles. The minimum Gasteiger partial charge on any atom is -0.342 e. The molecule has 0 unspecified atom stereocenters. The van der Waals surface area contributed by atoms with Crippen molar-refractivity contribution in [3.63, 3.8) is 0 Å². The minimum atomic E-state index is -4.33. The standard InChI is InChI=1S/C20H24F4N2O2/c21-16-5-3-14(4-6-16)12-19(28)25-11-8-17-15(13-25)2-1-10-26(17)18(27)7-9-20(22,23)24/h3-6,15,17H,1-2,7-13H2/t15-,17-/m1/s1. The van der Waals surface area contributed by atoms with E-state index in [1.165, 1.54) is 12.1 Å². The van der Waals surface area contributed by atoms with Crippen molar-refractivity contribution >= 4 is 11.8 Å². The van der Waals surface area contributed by atoms with Crippen LogP contribution in [0, 0.1) is 11.7 Å². The van der Waals surface area contributed by atoms with Gasteiger partial charge in [-0.25, -0.2) is 4.39 Å². The first-order valence-electron chi connectivity index (χ1n) is 9.61. The van der Waals surface area contributed by atoms with E-state index in [-0.39, 0.29) is 30.1 Å². The summed E-state index contributed by atoms with van der Waals surface area (Å²) in [7, 11) is 0. The topological polar surface area (TPSA) is 40.6 Å². The Bertz CT molecular complexity index is 705. The van der Waals surface area contributed by atoms with Crippen LogP contribution >= 0.6 is 0 Å². The van der Waals surface area contributed by atoms with Crippen LogP contribution in [0.25, 0.3) is 0 Å². The van der Waals surface area contributed by atoms with Crippen molar-refractivity contribution in [2.24, 2.45) is 5.92 Å². The van der Waals surface area contributed by atoms with Gasteiger partial charge >= 0.3 is 6.18 Å². The van der Waals surface area contributed by atoms with Gasteiger partial charge in [0.25, 0.3) is 0 Å². The number of amides is 2. The third kappa shape index (κ3) is 5.23. The number of piperidine rings is 2. The lowest BCUT2D eigenvalue weighted by Crippen LogP contribution is -2.56. The smallest absolute Gasteiger partial charge is 0.342 e. The summed E-state index contributed by atoms with van der Waals surface area (Å²) in [6.45, 7) is 1.47. The molecule has 28 heavy (non-hydrogen) atoms. The van der Waals surface area contributed by atoms with Crippen molar-refractivity contribution in [2.45, 2.75) is 50.7 Å². The Labute approximate surface area is 161 Å². The molecule has 4 nitrogen and oxygen atoms in total. The number of hydrogen-bond donors (Lipinski definition) is 0. The Morgan fingerprint density at radius 1 is 1.04 bits per heavy atom. The van der Waals surface area contributed by atoms with Crippen LogP contribution in [0.3, 0.4) is 0 Å². The second-order valence-electron chi connectivity index (χ2n) is 7.60. The second kappa shape index (κ2) is 8.49. The first kappa shape index (κ1) is 20.6. The zero-order chi connectivity index (χ0) is 20.3. The van der Waals surface area contributed by atoms with Crippen LogP contribution in [-0.4, -0.2) is 53.5 Å². The fourth-order valence-electron chi connectivity index (χ4n) is 4.22. The first-order valence-corrected chi connectivity index (χ1v) is 9.61. The summed E-state index contributed by atoms with van der Waals surface area (Å²) < 4.78 is 50.3. The predicted molar refractivity (Wildman–Crippen MR) is 94.8 cm³/mol. The van der Waals surface area contributed by atoms with Crippen LogP contribution in [0.5, 0.6) is 0 Å². The molecule has 3 rings (SSSR count). The highest BCUT2D eigenvalue weighted by Crippen LogP contribution is 2.32. The summed E-state index contributed by atoms with van der Waals surface area (Å²) in [5, 5.41) is 0. The van der Waals surface area contributed by atoms with Gasteiger partial charge in [-0.15, -0.1) is 0 Å². The van der Waals surface area contributed by atoms with Crippen LogP contribution in [0.2, 0.25) is 0 Å². The summed E-state index contributed by atoms with van der Waals surface area (Å²) >= 11 is 0. The average molecular weight is 400 g/mol. The number of hydrogen-bond acceptors (Lipinski definition) is 2. The lowest BCUT2D eigenvalue weighted by molar-refractivity contribution is -0.154. The van der Waals surface area contributed by atoms with Gasteiger partial charge in [0.2, 0.25) is 11.8 Å². The van der Waals surface area contributed by atoms with Crippen molar-refractivity contribution in [1.82, 2.24) is 9.80 Å². The molecule has 154 valence electrons. The highest BCUT2D eigenvalue weighted by Gasteiger charge is 2.40. The summed E-state index contributed by atoms with van der Waals surface area (Å²) in [6, 6.07) is 5.72. The van der Waals surface area contributed by atoms with E-state index in [4.69, 9.17) is 0 Å². The molecule has 0 aliphatic carbocycles. The number of nitrogens with zero attached hydrogens (tertiary/aromatic N) is 2. The van der Waals surface area contributed by atoms with Crippen LogP contribution in [0.15, 0.2) is 24.3 Å². The average Bonchev–Trinajstić information content (AvgIpc) is 2.66. The molecule has 2 heterocycles. The molecule has 2 atom stereocenters. The van der Waals surface area contributed by atoms with Gasteiger partial charge in [0.15, 0.2) is 0 Å². The van der Waals surface area contributed by atoms with Crippen molar-refractivity contribution in [2.75, 3.05) is 19.6 Å². The van der Waals surface area contributed by atoms with E-state index in [1.54, 1.807) is 21.9 Å². The molecule has 0 radical (unpaired) electrons. The molecule has 2 amide bonds. The monoisotopic (exact) mass is 400 g/mol. The molecule has 2 aliphatic heterocycles. The number of benzene rings is 1. The fraction of sp³-hybridized carbons (Fsp3) is 0.600. The molecule has 0 aromatic heterocycles. The lowest BCUT2D eigenvalue weighted by atomic mass is 9.83. The van der Waals surface area contributed by atoms with Crippen molar-refractivity contribution < 1.29 is 27.2 Å². The molecule has 2 fully saturated rings. The van der Waals surface area contributed by atoms with Crippen LogP contribution in [0.4, 0.5) is 17.6 Å². The SMILES string of the molecule is O=C(Cc1ccc(F)cc1)N1CC[C@@H]2[C@H](CCCN2C(=O)CCC(F)(F)F)C1. The number of likely N-dealkylation sites (tertiary alicyclic amines) is 2. The number of carbonyl (C=O) groups is 2. The summed E-state index contributed by atoms with van der Waals surface area (Å²) in [5.74, 6) is -0.757. The summed E-state index contributed by atoms with van der Waals surface area (Å²) in [6.07, 6.45) is -3.58. The number of fused-ring (bicyclic) bond motifs is 1. The first-order chi connectivity index (χ1) is 13.2. The van der Waals surface area contributed by atoms with E-state index in [0.717, 1.165) is 18.4 Å². The maximum absolute atomic E-state index is 13.0. The molecular weight excluding hydrogens is 376 g/mol. The normalized spacial score (nSPS) is 22.7. The highest BCUT2D eigenvalue weighted by atomic mass is 19.4. The molecule has 2 aliphatic rings. The second-order valence-corrected chi connectivity index (χ2v) is 7.60. The number of halogens is 4. The molecular formula is C20H24F4N2O2. The Hall–Kier alpha value is -2.12. The van der Waals surface area contributed by atoms with Gasteiger partial charge in [-0.1, -0.05) is 12.1 Å². The quantitative estimate of drug-likeness (QED) is 0.726. The number of carbonyl (C=O) groups excluding carboxylic acids is 2. The van der Waals surface area contributed by atoms with E-state index < -0.39 is 24.9 Å². The molecule has 0 N–H and O–H groups in total. The van der Waals surface area contributed by atoms with Crippen molar-refractivity contribution in [3.8, 4) is 0 Å². The van der Waals surface area contributed by atoms with Crippen LogP contribution in [0.1, 0.15) is 37.7 Å². The van der Waals surface area contributed by atoms with Gasteiger partial charge in [-0.3, -0.25) is 9.59 Å². The predicted octanol–water partition coefficient (Wildman–Crippen LogP) is 3.55. The molecule has 8 heteroatoms. The van der Waals surface area contributed by atoms with Gasteiger partial charge in [0.1, 0.15) is 5.82 Å². The Balaban J connectivity index is 1.56. The fourth-order valence-corrected chi connectivity index (χ4v) is 4.22.